The normalized spacial score (nSPS) is 11.4. The summed E-state index contributed by atoms with van der Waals surface area (Å²) in [6.07, 6.45) is -4.51. The Labute approximate surface area is 205 Å². The Kier molecular flexibility index (Phi) is 6.17. The van der Waals surface area contributed by atoms with Gasteiger partial charge in [-0.15, -0.1) is 0 Å². The van der Waals surface area contributed by atoms with Gasteiger partial charge in [-0.25, -0.2) is 0 Å². The lowest BCUT2D eigenvalue weighted by molar-refractivity contribution is -0.136. The van der Waals surface area contributed by atoms with E-state index >= 15 is 0 Å². The van der Waals surface area contributed by atoms with Gasteiger partial charge >= 0.3 is 6.18 Å². The first-order chi connectivity index (χ1) is 17.4. The van der Waals surface area contributed by atoms with Crippen LogP contribution in [0.5, 0.6) is 5.75 Å². The number of fused-ring (bicyclic) bond motifs is 1. The first-order valence-corrected chi connectivity index (χ1v) is 11.3. The number of halogens is 3. The van der Waals surface area contributed by atoms with Gasteiger partial charge in [0, 0.05) is 10.9 Å². The van der Waals surface area contributed by atoms with Crippen LogP contribution in [0.3, 0.4) is 0 Å². The third kappa shape index (κ3) is 4.80. The molecule has 0 fully saturated rings. The van der Waals surface area contributed by atoms with Gasteiger partial charge in [0.05, 0.1) is 29.4 Å². The van der Waals surface area contributed by atoms with Crippen molar-refractivity contribution in [2.75, 3.05) is 0 Å². The van der Waals surface area contributed by atoms with E-state index < -0.39 is 11.7 Å². The van der Waals surface area contributed by atoms with Gasteiger partial charge in [-0.3, -0.25) is 4.68 Å². The smallest absolute Gasteiger partial charge is 0.418 e. The maximum Gasteiger partial charge on any atom is 0.418 e. The van der Waals surface area contributed by atoms with Crippen molar-refractivity contribution in [1.82, 2.24) is 9.78 Å². The lowest BCUT2D eigenvalue weighted by atomic mass is 10.0. The fourth-order valence-electron chi connectivity index (χ4n) is 4.11. The minimum absolute atomic E-state index is 0.0722. The number of alkyl halides is 3. The second-order valence-corrected chi connectivity index (χ2v) is 8.31. The number of rotatable bonds is 6. The molecule has 7 heteroatoms. The zero-order valence-corrected chi connectivity index (χ0v) is 19.0. The van der Waals surface area contributed by atoms with Gasteiger partial charge in [0.25, 0.3) is 0 Å². The summed E-state index contributed by atoms with van der Waals surface area (Å²) in [4.78, 5) is 0. The van der Waals surface area contributed by atoms with Crippen LogP contribution in [0.15, 0.2) is 97.1 Å². The maximum atomic E-state index is 13.7. The first-order valence-electron chi connectivity index (χ1n) is 11.3. The summed E-state index contributed by atoms with van der Waals surface area (Å²) in [5.41, 5.74) is 2.95. The summed E-state index contributed by atoms with van der Waals surface area (Å²) in [5, 5.41) is 13.8. The molecule has 1 heterocycles. The molecule has 0 saturated heterocycles. The molecule has 0 aliphatic carbocycles. The highest BCUT2D eigenvalue weighted by atomic mass is 19.4. The van der Waals surface area contributed by atoms with E-state index in [1.165, 1.54) is 6.07 Å². The molecule has 5 aromatic rings. The van der Waals surface area contributed by atoms with Crippen LogP contribution < -0.4 is 4.74 Å². The molecule has 0 atom stereocenters. The summed E-state index contributed by atoms with van der Waals surface area (Å²) in [5.74, 6) is 0.623. The number of aromatic nitrogens is 2. The highest BCUT2D eigenvalue weighted by Crippen LogP contribution is 2.38. The number of hydrogen-bond donors (Lipinski definition) is 0. The van der Waals surface area contributed by atoms with E-state index in [9.17, 15) is 13.2 Å². The number of nitrogens with zero attached hydrogens (tertiary/aromatic N) is 3. The van der Waals surface area contributed by atoms with Crippen molar-refractivity contribution in [3.05, 3.63) is 119 Å². The summed E-state index contributed by atoms with van der Waals surface area (Å²) in [7, 11) is 0. The van der Waals surface area contributed by atoms with E-state index in [2.05, 4.69) is 11.2 Å². The van der Waals surface area contributed by atoms with Crippen molar-refractivity contribution < 1.29 is 17.9 Å². The monoisotopic (exact) mass is 483 g/mol. The van der Waals surface area contributed by atoms with E-state index in [0.717, 1.165) is 22.8 Å². The van der Waals surface area contributed by atoms with Crippen molar-refractivity contribution in [3.8, 4) is 23.1 Å². The van der Waals surface area contributed by atoms with Crippen LogP contribution in [0.25, 0.3) is 22.2 Å². The number of hydrogen-bond acceptors (Lipinski definition) is 3. The Morgan fingerprint density at radius 1 is 0.806 bits per heavy atom. The van der Waals surface area contributed by atoms with Gasteiger partial charge in [0.15, 0.2) is 0 Å². The topological polar surface area (TPSA) is 50.8 Å². The van der Waals surface area contributed by atoms with Gasteiger partial charge in [-0.05, 0) is 53.6 Å². The lowest BCUT2D eigenvalue weighted by Gasteiger charge is -2.10. The fraction of sp³-hybridized carbons (Fsp3) is 0.103. The summed E-state index contributed by atoms with van der Waals surface area (Å²) in [6.45, 7) is 0.661. The average molecular weight is 483 g/mol. The van der Waals surface area contributed by atoms with E-state index in [-0.39, 0.29) is 5.52 Å². The molecule has 5 rings (SSSR count). The zero-order chi connectivity index (χ0) is 25.1. The predicted molar refractivity (Wildman–Crippen MR) is 131 cm³/mol. The van der Waals surface area contributed by atoms with Gasteiger partial charge in [-0.1, -0.05) is 54.6 Å². The van der Waals surface area contributed by atoms with Gasteiger partial charge in [0.1, 0.15) is 17.9 Å². The Morgan fingerprint density at radius 3 is 2.19 bits per heavy atom. The molecule has 0 radical (unpaired) electrons. The van der Waals surface area contributed by atoms with Crippen LogP contribution in [-0.4, -0.2) is 9.78 Å². The average Bonchev–Trinajstić information content (AvgIpc) is 3.26. The number of ether oxygens (including phenoxy) is 1. The van der Waals surface area contributed by atoms with Gasteiger partial charge in [-0.2, -0.15) is 23.5 Å². The van der Waals surface area contributed by atoms with Gasteiger partial charge < -0.3 is 4.74 Å². The second kappa shape index (κ2) is 9.59. The highest BCUT2D eigenvalue weighted by Gasteiger charge is 2.34. The molecule has 4 aromatic carbocycles. The third-order valence-corrected chi connectivity index (χ3v) is 5.87. The van der Waals surface area contributed by atoms with E-state index in [0.29, 0.717) is 35.5 Å². The number of benzene rings is 4. The van der Waals surface area contributed by atoms with Crippen LogP contribution in [0, 0.1) is 11.3 Å². The fourth-order valence-corrected chi connectivity index (χ4v) is 4.11. The largest absolute Gasteiger partial charge is 0.489 e. The van der Waals surface area contributed by atoms with Crippen molar-refractivity contribution in [2.45, 2.75) is 19.3 Å². The van der Waals surface area contributed by atoms with Crippen LogP contribution in [0.2, 0.25) is 0 Å². The Morgan fingerprint density at radius 2 is 1.53 bits per heavy atom. The van der Waals surface area contributed by atoms with Crippen molar-refractivity contribution >= 4 is 10.9 Å². The molecule has 1 aromatic heterocycles. The lowest BCUT2D eigenvalue weighted by Crippen LogP contribution is -2.06. The first kappa shape index (κ1) is 23.2. The number of nitriles is 1. The SMILES string of the molecule is N#Cc1ccc(COc2ccc(-c3c4cccc(C(F)(F)F)c4nn3Cc3ccccc3)cc2)cc1. The van der Waals surface area contributed by atoms with Crippen molar-refractivity contribution in [2.24, 2.45) is 0 Å². The maximum absolute atomic E-state index is 13.7. The van der Waals surface area contributed by atoms with E-state index in [4.69, 9.17) is 10.00 Å². The molecule has 0 unspecified atom stereocenters. The molecular weight excluding hydrogens is 463 g/mol. The molecular formula is C29H20F3N3O. The molecule has 0 saturated carbocycles. The Hall–Kier alpha value is -4.57. The molecule has 0 aliphatic heterocycles. The molecule has 0 N–H and O–H groups in total. The molecule has 4 nitrogen and oxygen atoms in total. The Bertz CT molecular complexity index is 1530. The van der Waals surface area contributed by atoms with E-state index in [1.807, 2.05) is 54.6 Å². The van der Waals surface area contributed by atoms with Crippen LogP contribution in [0.4, 0.5) is 13.2 Å². The molecule has 0 bridgehead atoms. The van der Waals surface area contributed by atoms with Crippen LogP contribution in [0.1, 0.15) is 22.3 Å². The molecule has 0 spiro atoms. The van der Waals surface area contributed by atoms with E-state index in [1.54, 1.807) is 35.0 Å². The third-order valence-electron chi connectivity index (χ3n) is 5.87. The molecule has 178 valence electrons. The van der Waals surface area contributed by atoms with Crippen molar-refractivity contribution in [1.29, 1.82) is 5.26 Å². The Balaban J connectivity index is 1.49. The van der Waals surface area contributed by atoms with Crippen LogP contribution >= 0.6 is 0 Å². The summed E-state index contributed by atoms with van der Waals surface area (Å²) < 4.78 is 48.7. The summed E-state index contributed by atoms with van der Waals surface area (Å²) in [6, 6.07) is 30.1. The predicted octanol–water partition coefficient (Wildman–Crippen LogP) is 7.22. The minimum Gasteiger partial charge on any atom is -0.489 e. The van der Waals surface area contributed by atoms with Crippen LogP contribution in [-0.2, 0) is 19.3 Å². The van der Waals surface area contributed by atoms with Gasteiger partial charge in [0.2, 0.25) is 0 Å². The zero-order valence-electron chi connectivity index (χ0n) is 19.0. The second-order valence-electron chi connectivity index (χ2n) is 8.31. The summed E-state index contributed by atoms with van der Waals surface area (Å²) >= 11 is 0. The molecule has 36 heavy (non-hydrogen) atoms. The standard InChI is InChI=1S/C29H20F3N3O/c30-29(31,32)26-8-4-7-25-27(26)34-35(18-21-5-2-1-3-6-21)28(25)23-13-15-24(16-14-23)36-19-22-11-9-20(17-33)10-12-22/h1-16H,18-19H2. The highest BCUT2D eigenvalue weighted by molar-refractivity contribution is 5.95. The quantitative estimate of drug-likeness (QED) is 0.256. The minimum atomic E-state index is -4.51. The van der Waals surface area contributed by atoms with Crippen molar-refractivity contribution in [3.63, 3.8) is 0 Å². The molecule has 0 aliphatic rings. The molecule has 0 amide bonds.